The minimum absolute atomic E-state index is 0.0400. The number of hydrogen-bond donors (Lipinski definition) is 2. The topological polar surface area (TPSA) is 128 Å². The third-order valence-corrected chi connectivity index (χ3v) is 3.80. The van der Waals surface area contributed by atoms with E-state index in [1.165, 1.54) is 6.07 Å². The fraction of sp³-hybridized carbons (Fsp3) is 0.333. The van der Waals surface area contributed by atoms with Gasteiger partial charge in [0.05, 0.1) is 12.1 Å². The van der Waals surface area contributed by atoms with Crippen LogP contribution in [0.25, 0.3) is 11.0 Å². The molecule has 0 radical (unpaired) electrons. The molecule has 1 aromatic carbocycles. The number of benzene rings is 1. The molecule has 0 saturated carbocycles. The lowest BCUT2D eigenvalue weighted by Crippen LogP contribution is -2.46. The van der Waals surface area contributed by atoms with E-state index in [1.807, 2.05) is 6.92 Å². The summed E-state index contributed by atoms with van der Waals surface area (Å²) in [5.74, 6) is -0.188. The van der Waals surface area contributed by atoms with E-state index in [-0.39, 0.29) is 24.9 Å². The first-order chi connectivity index (χ1) is 12.8. The van der Waals surface area contributed by atoms with E-state index in [9.17, 15) is 14.7 Å². The van der Waals surface area contributed by atoms with Gasteiger partial charge in [-0.1, -0.05) is 5.16 Å². The molecule has 0 spiro atoms. The van der Waals surface area contributed by atoms with Crippen LogP contribution in [0.2, 0.25) is 0 Å². The van der Waals surface area contributed by atoms with Crippen LogP contribution in [0.5, 0.6) is 5.75 Å². The Labute approximate surface area is 153 Å². The van der Waals surface area contributed by atoms with Gasteiger partial charge in [-0.25, -0.2) is 4.79 Å². The van der Waals surface area contributed by atoms with Gasteiger partial charge in [0.1, 0.15) is 11.3 Å². The first-order valence-electron chi connectivity index (χ1n) is 8.21. The van der Waals surface area contributed by atoms with Crippen LogP contribution >= 0.6 is 0 Å². The maximum absolute atomic E-state index is 12.0. The number of fused-ring (bicyclic) bond motifs is 1. The molecule has 142 valence electrons. The molecule has 0 aliphatic carbocycles. The second kappa shape index (κ2) is 7.20. The van der Waals surface area contributed by atoms with Crippen LogP contribution in [-0.4, -0.2) is 33.3 Å². The van der Waals surface area contributed by atoms with Crippen molar-refractivity contribution in [2.75, 3.05) is 6.61 Å². The average Bonchev–Trinajstić information content (AvgIpc) is 3.08. The fourth-order valence-corrected chi connectivity index (χ4v) is 2.35. The zero-order valence-electron chi connectivity index (χ0n) is 15.1. The fourth-order valence-electron chi connectivity index (χ4n) is 2.35. The monoisotopic (exact) mass is 373 g/mol. The number of nitrogens with one attached hydrogen (secondary N) is 1. The molecular weight excluding hydrogens is 354 g/mol. The van der Waals surface area contributed by atoms with Crippen molar-refractivity contribution < 1.29 is 23.6 Å². The van der Waals surface area contributed by atoms with Crippen LogP contribution in [0.3, 0.4) is 0 Å². The van der Waals surface area contributed by atoms with Gasteiger partial charge >= 0.3 is 17.4 Å². The molecule has 2 aromatic heterocycles. The lowest BCUT2D eigenvalue weighted by molar-refractivity contribution is 0.0825. The Morgan fingerprint density at radius 3 is 2.85 bits per heavy atom. The summed E-state index contributed by atoms with van der Waals surface area (Å²) in [4.78, 5) is 27.5. The van der Waals surface area contributed by atoms with Crippen LogP contribution in [0.4, 0.5) is 0 Å². The van der Waals surface area contributed by atoms with Crippen molar-refractivity contribution in [3.63, 3.8) is 0 Å². The van der Waals surface area contributed by atoms with Crippen LogP contribution in [0.1, 0.15) is 35.9 Å². The van der Waals surface area contributed by atoms with Gasteiger partial charge in [-0.2, -0.15) is 4.98 Å². The number of carbonyl (C=O) groups is 1. The van der Waals surface area contributed by atoms with Crippen molar-refractivity contribution in [2.24, 2.45) is 0 Å². The zero-order chi connectivity index (χ0) is 19.6. The minimum Gasteiger partial charge on any atom is -0.485 e. The van der Waals surface area contributed by atoms with Gasteiger partial charge in [-0.05, 0) is 38.5 Å². The Bertz CT molecular complexity index is 1040. The van der Waals surface area contributed by atoms with Crippen LogP contribution in [0, 0.1) is 6.92 Å². The first kappa shape index (κ1) is 18.6. The van der Waals surface area contributed by atoms with Crippen LogP contribution < -0.4 is 15.7 Å². The third kappa shape index (κ3) is 4.32. The molecule has 0 unspecified atom stereocenters. The second-order valence-electron chi connectivity index (χ2n) is 6.71. The highest BCUT2D eigenvalue weighted by Crippen LogP contribution is 2.22. The number of nitrogens with zero attached hydrogens (tertiary/aromatic N) is 2. The Kier molecular flexibility index (Phi) is 4.95. The minimum atomic E-state index is -0.810. The van der Waals surface area contributed by atoms with Gasteiger partial charge < -0.3 is 24.1 Å². The maximum atomic E-state index is 12.0. The molecule has 27 heavy (non-hydrogen) atoms. The number of aryl methyl sites for hydroxylation is 1. The van der Waals surface area contributed by atoms with Crippen molar-refractivity contribution >= 4 is 16.9 Å². The first-order valence-corrected chi connectivity index (χ1v) is 8.21. The van der Waals surface area contributed by atoms with Crippen molar-refractivity contribution in [2.45, 2.75) is 32.9 Å². The number of rotatable bonds is 6. The van der Waals surface area contributed by atoms with E-state index in [2.05, 4.69) is 15.5 Å². The highest BCUT2D eigenvalue weighted by molar-refractivity contribution is 5.90. The van der Waals surface area contributed by atoms with Crippen molar-refractivity contribution in [1.82, 2.24) is 15.5 Å². The lowest BCUT2D eigenvalue weighted by atomic mass is 10.1. The lowest BCUT2D eigenvalue weighted by Gasteiger charge is -2.21. The van der Waals surface area contributed by atoms with Crippen LogP contribution in [0.15, 0.2) is 38.0 Å². The van der Waals surface area contributed by atoms with E-state index >= 15 is 0 Å². The summed E-state index contributed by atoms with van der Waals surface area (Å²) in [5.41, 5.74) is -0.0175. The number of carbonyl (C=O) groups excluding carboxylic acids is 1. The molecule has 1 amide bonds. The number of aliphatic hydroxyl groups excluding tert-OH is 1. The molecule has 0 fully saturated rings. The molecule has 9 heteroatoms. The van der Waals surface area contributed by atoms with E-state index in [0.29, 0.717) is 11.3 Å². The van der Waals surface area contributed by atoms with Gasteiger partial charge in [-0.15, -0.1) is 0 Å². The standard InChI is InChI=1S/C18H19N3O6/c1-10-6-15(23)26-13-7-11(4-5-12(10)13)25-8-14-19-17(27-21-14)16(24)20-18(2,3)9-22/h4-7,22H,8-9H2,1-3H3,(H,20,24). The quantitative estimate of drug-likeness (QED) is 0.623. The van der Waals surface area contributed by atoms with Crippen LogP contribution in [-0.2, 0) is 6.61 Å². The zero-order valence-corrected chi connectivity index (χ0v) is 15.1. The van der Waals surface area contributed by atoms with Gasteiger partial charge in [0.25, 0.3) is 0 Å². The number of ether oxygens (including phenoxy) is 1. The largest absolute Gasteiger partial charge is 0.485 e. The van der Waals surface area contributed by atoms with Crippen molar-refractivity contribution in [3.8, 4) is 5.75 Å². The third-order valence-electron chi connectivity index (χ3n) is 3.80. The number of aromatic nitrogens is 2. The number of hydrogen-bond acceptors (Lipinski definition) is 8. The number of aliphatic hydroxyl groups is 1. The summed E-state index contributed by atoms with van der Waals surface area (Å²) < 4.78 is 15.7. The van der Waals surface area contributed by atoms with Crippen molar-refractivity contribution in [1.29, 1.82) is 0 Å². The maximum Gasteiger partial charge on any atom is 0.336 e. The second-order valence-corrected chi connectivity index (χ2v) is 6.71. The highest BCUT2D eigenvalue weighted by atomic mass is 16.5. The SMILES string of the molecule is Cc1cc(=O)oc2cc(OCc3noc(C(=O)NC(C)(C)CO)n3)ccc12. The van der Waals surface area contributed by atoms with Gasteiger partial charge in [0.15, 0.2) is 6.61 Å². The molecule has 9 nitrogen and oxygen atoms in total. The average molecular weight is 373 g/mol. The van der Waals surface area contributed by atoms with E-state index in [0.717, 1.165) is 10.9 Å². The van der Waals surface area contributed by atoms with E-state index in [4.69, 9.17) is 13.7 Å². The Hall–Kier alpha value is -3.20. The molecule has 0 saturated heterocycles. The molecular formula is C18H19N3O6. The molecule has 0 aliphatic rings. The van der Waals surface area contributed by atoms with Gasteiger partial charge in [0, 0.05) is 17.5 Å². The molecule has 3 rings (SSSR count). The summed E-state index contributed by atoms with van der Waals surface area (Å²) in [6.45, 7) is 4.86. The number of amides is 1. The Morgan fingerprint density at radius 2 is 2.11 bits per heavy atom. The van der Waals surface area contributed by atoms with E-state index < -0.39 is 17.1 Å². The summed E-state index contributed by atoms with van der Waals surface area (Å²) in [5, 5.41) is 16.3. The Morgan fingerprint density at radius 1 is 1.33 bits per heavy atom. The van der Waals surface area contributed by atoms with Gasteiger partial charge in [0.2, 0.25) is 5.82 Å². The van der Waals surface area contributed by atoms with Gasteiger partial charge in [-0.3, -0.25) is 4.79 Å². The predicted octanol–water partition coefficient (Wildman–Crippen LogP) is 1.56. The summed E-state index contributed by atoms with van der Waals surface area (Å²) >= 11 is 0. The van der Waals surface area contributed by atoms with E-state index in [1.54, 1.807) is 32.0 Å². The smallest absolute Gasteiger partial charge is 0.336 e. The molecule has 0 atom stereocenters. The summed E-state index contributed by atoms with van der Waals surface area (Å²) in [6, 6.07) is 6.54. The summed E-state index contributed by atoms with van der Waals surface area (Å²) in [7, 11) is 0. The highest BCUT2D eigenvalue weighted by Gasteiger charge is 2.24. The molecule has 3 aromatic rings. The molecule has 2 N–H and O–H groups in total. The molecule has 0 aliphatic heterocycles. The normalized spacial score (nSPS) is 11.6. The Balaban J connectivity index is 1.69. The van der Waals surface area contributed by atoms with Crippen molar-refractivity contribution in [3.05, 3.63) is 52.0 Å². The molecule has 0 bridgehead atoms. The predicted molar refractivity (Wildman–Crippen MR) is 94.5 cm³/mol. The molecule has 2 heterocycles. The summed E-state index contributed by atoms with van der Waals surface area (Å²) in [6.07, 6.45) is 0.